The molecule has 0 unspecified atom stereocenters. The summed E-state index contributed by atoms with van der Waals surface area (Å²) in [5.41, 5.74) is -1.04. The zero-order chi connectivity index (χ0) is 10.9. The molecular weight excluding hydrogens is 190 g/mol. The lowest BCUT2D eigenvalue weighted by Crippen LogP contribution is -2.04. The van der Waals surface area contributed by atoms with Crippen LogP contribution in [0.2, 0.25) is 0 Å². The highest BCUT2D eigenvalue weighted by Gasteiger charge is 2.24. The minimum Gasteiger partial charge on any atom is -0.507 e. The number of aromatic carboxylic acids is 1. The minimum absolute atomic E-state index is 0.0464. The summed E-state index contributed by atoms with van der Waals surface area (Å²) >= 11 is 0. The fourth-order valence-electron chi connectivity index (χ4n) is 1.10. The number of carbonyl (C=O) groups is 1. The molecule has 6 heteroatoms. The predicted octanol–water partition coefficient (Wildman–Crippen LogP) is 1.31. The molecule has 0 aromatic heterocycles. The van der Waals surface area contributed by atoms with Crippen LogP contribution in [0.4, 0.5) is 5.69 Å². The van der Waals surface area contributed by atoms with E-state index in [0.29, 0.717) is 0 Å². The largest absolute Gasteiger partial charge is 0.507 e. The molecule has 0 amide bonds. The van der Waals surface area contributed by atoms with E-state index in [2.05, 4.69) is 0 Å². The average molecular weight is 197 g/mol. The van der Waals surface area contributed by atoms with Gasteiger partial charge in [0.05, 0.1) is 10.5 Å². The van der Waals surface area contributed by atoms with Crippen LogP contribution in [-0.4, -0.2) is 21.1 Å². The first kappa shape index (κ1) is 9.97. The molecule has 1 aromatic carbocycles. The zero-order valence-corrected chi connectivity index (χ0v) is 7.22. The molecule has 0 saturated carbocycles. The van der Waals surface area contributed by atoms with Gasteiger partial charge in [0.25, 0.3) is 5.69 Å². The van der Waals surface area contributed by atoms with Crippen molar-refractivity contribution < 1.29 is 19.9 Å². The van der Waals surface area contributed by atoms with Crippen LogP contribution in [0.3, 0.4) is 0 Å². The number of nitro groups is 1. The van der Waals surface area contributed by atoms with Gasteiger partial charge in [0.1, 0.15) is 11.3 Å². The molecular formula is C8H7NO5. The number of hydrogen-bond acceptors (Lipinski definition) is 4. The van der Waals surface area contributed by atoms with E-state index in [0.717, 1.165) is 12.1 Å². The van der Waals surface area contributed by atoms with E-state index in [1.54, 1.807) is 0 Å². The van der Waals surface area contributed by atoms with Crippen LogP contribution in [-0.2, 0) is 0 Å². The molecule has 1 aromatic rings. The Kier molecular flexibility index (Phi) is 2.37. The summed E-state index contributed by atoms with van der Waals surface area (Å²) in [6.07, 6.45) is 0. The second-order valence-electron chi connectivity index (χ2n) is 2.67. The van der Waals surface area contributed by atoms with E-state index in [-0.39, 0.29) is 11.3 Å². The Bertz CT molecular complexity index is 412. The molecule has 0 atom stereocenters. The van der Waals surface area contributed by atoms with Crippen molar-refractivity contribution in [3.8, 4) is 5.75 Å². The van der Waals surface area contributed by atoms with Crippen LogP contribution < -0.4 is 0 Å². The van der Waals surface area contributed by atoms with Crippen molar-refractivity contribution >= 4 is 11.7 Å². The molecule has 0 saturated heterocycles. The molecule has 0 radical (unpaired) electrons. The summed E-state index contributed by atoms with van der Waals surface area (Å²) in [4.78, 5) is 20.3. The third kappa shape index (κ3) is 1.49. The van der Waals surface area contributed by atoms with Gasteiger partial charge in [-0.25, -0.2) is 4.79 Å². The van der Waals surface area contributed by atoms with Crippen LogP contribution in [0.1, 0.15) is 15.9 Å². The lowest BCUT2D eigenvalue weighted by molar-refractivity contribution is -0.385. The van der Waals surface area contributed by atoms with E-state index < -0.39 is 22.1 Å². The lowest BCUT2D eigenvalue weighted by atomic mass is 10.1. The first-order valence-corrected chi connectivity index (χ1v) is 3.65. The number of hydrogen-bond donors (Lipinski definition) is 2. The van der Waals surface area contributed by atoms with Gasteiger partial charge < -0.3 is 10.2 Å². The molecule has 74 valence electrons. The average Bonchev–Trinajstić information content (AvgIpc) is 2.08. The van der Waals surface area contributed by atoms with Crippen LogP contribution >= 0.6 is 0 Å². The summed E-state index contributed by atoms with van der Waals surface area (Å²) in [6, 6.07) is 2.12. The maximum atomic E-state index is 10.6. The molecule has 2 N–H and O–H groups in total. The van der Waals surface area contributed by atoms with Gasteiger partial charge in [0, 0.05) is 0 Å². The van der Waals surface area contributed by atoms with Crippen molar-refractivity contribution in [1.82, 2.24) is 0 Å². The second-order valence-corrected chi connectivity index (χ2v) is 2.67. The van der Waals surface area contributed by atoms with Gasteiger partial charge in [-0.15, -0.1) is 0 Å². The molecule has 1 rings (SSSR count). The van der Waals surface area contributed by atoms with Gasteiger partial charge in [0.2, 0.25) is 0 Å². The van der Waals surface area contributed by atoms with Gasteiger partial charge in [-0.05, 0) is 19.1 Å². The van der Waals surface area contributed by atoms with Gasteiger partial charge in [0.15, 0.2) is 0 Å². The molecule has 0 aliphatic rings. The Morgan fingerprint density at radius 3 is 2.50 bits per heavy atom. The Labute approximate surface area is 78.6 Å². The Balaban J connectivity index is 3.53. The van der Waals surface area contributed by atoms with Crippen LogP contribution in [0, 0.1) is 17.0 Å². The van der Waals surface area contributed by atoms with E-state index in [1.165, 1.54) is 6.92 Å². The van der Waals surface area contributed by atoms with Crippen molar-refractivity contribution in [3.05, 3.63) is 33.4 Å². The van der Waals surface area contributed by atoms with Crippen molar-refractivity contribution in [1.29, 1.82) is 0 Å². The predicted molar refractivity (Wildman–Crippen MR) is 46.5 cm³/mol. The maximum Gasteiger partial charge on any atom is 0.342 e. The highest BCUT2D eigenvalue weighted by atomic mass is 16.6. The summed E-state index contributed by atoms with van der Waals surface area (Å²) in [6.45, 7) is 1.29. The number of benzene rings is 1. The number of phenolic OH excluding ortho intramolecular Hbond substituents is 1. The van der Waals surface area contributed by atoms with Gasteiger partial charge in [-0.1, -0.05) is 0 Å². The molecule has 0 fully saturated rings. The number of rotatable bonds is 2. The fourth-order valence-corrected chi connectivity index (χ4v) is 1.10. The standard InChI is InChI=1S/C8H7NO5/c1-4-6(10)3-2-5(8(11)12)7(4)9(13)14/h2-3,10H,1H3,(H,11,12). The van der Waals surface area contributed by atoms with Crippen LogP contribution in [0.15, 0.2) is 12.1 Å². The van der Waals surface area contributed by atoms with Crippen LogP contribution in [0.5, 0.6) is 5.75 Å². The van der Waals surface area contributed by atoms with Crippen molar-refractivity contribution in [3.63, 3.8) is 0 Å². The highest BCUT2D eigenvalue weighted by Crippen LogP contribution is 2.30. The molecule has 0 heterocycles. The van der Waals surface area contributed by atoms with Crippen molar-refractivity contribution in [2.75, 3.05) is 0 Å². The number of aromatic hydroxyl groups is 1. The number of phenols is 1. The van der Waals surface area contributed by atoms with E-state index >= 15 is 0 Å². The molecule has 0 spiro atoms. The lowest BCUT2D eigenvalue weighted by Gasteiger charge is -2.02. The molecule has 0 aliphatic carbocycles. The summed E-state index contributed by atoms with van der Waals surface area (Å²) in [5.74, 6) is -1.68. The normalized spacial score (nSPS) is 9.79. The van der Waals surface area contributed by atoms with Gasteiger partial charge in [-0.3, -0.25) is 10.1 Å². The summed E-state index contributed by atoms with van der Waals surface area (Å²) in [5, 5.41) is 28.3. The topological polar surface area (TPSA) is 101 Å². The van der Waals surface area contributed by atoms with Crippen molar-refractivity contribution in [2.45, 2.75) is 6.92 Å². The Morgan fingerprint density at radius 2 is 2.07 bits per heavy atom. The fraction of sp³-hybridized carbons (Fsp3) is 0.125. The van der Waals surface area contributed by atoms with Crippen molar-refractivity contribution in [2.24, 2.45) is 0 Å². The second kappa shape index (κ2) is 3.33. The maximum absolute atomic E-state index is 10.6. The van der Waals surface area contributed by atoms with Gasteiger partial charge >= 0.3 is 5.97 Å². The number of carboxylic acid groups (broad SMARTS) is 1. The smallest absolute Gasteiger partial charge is 0.342 e. The first-order valence-electron chi connectivity index (χ1n) is 3.65. The van der Waals surface area contributed by atoms with Crippen LogP contribution in [0.25, 0.3) is 0 Å². The highest BCUT2D eigenvalue weighted by molar-refractivity contribution is 5.93. The number of nitrogens with zero attached hydrogens (tertiary/aromatic N) is 1. The molecule has 0 bridgehead atoms. The SMILES string of the molecule is Cc1c(O)ccc(C(=O)O)c1[N+](=O)[O-]. The third-order valence-corrected chi connectivity index (χ3v) is 1.82. The quantitative estimate of drug-likeness (QED) is 0.549. The summed E-state index contributed by atoms with van der Waals surface area (Å²) < 4.78 is 0. The molecule has 6 nitrogen and oxygen atoms in total. The monoisotopic (exact) mass is 197 g/mol. The molecule has 14 heavy (non-hydrogen) atoms. The number of nitro benzene ring substituents is 1. The Hall–Kier alpha value is -2.11. The van der Waals surface area contributed by atoms with E-state index in [4.69, 9.17) is 10.2 Å². The van der Waals surface area contributed by atoms with E-state index in [9.17, 15) is 14.9 Å². The molecule has 0 aliphatic heterocycles. The number of carboxylic acids is 1. The first-order chi connectivity index (χ1) is 6.45. The third-order valence-electron chi connectivity index (χ3n) is 1.82. The Morgan fingerprint density at radius 1 is 1.50 bits per heavy atom. The summed E-state index contributed by atoms with van der Waals surface area (Å²) in [7, 11) is 0. The minimum atomic E-state index is -1.39. The van der Waals surface area contributed by atoms with Gasteiger partial charge in [-0.2, -0.15) is 0 Å². The zero-order valence-electron chi connectivity index (χ0n) is 7.22. The van der Waals surface area contributed by atoms with E-state index in [1.807, 2.05) is 0 Å².